The number of aliphatic hydroxyl groups excluding tert-OH is 2. The second-order valence-corrected chi connectivity index (χ2v) is 12.1. The van der Waals surface area contributed by atoms with E-state index in [-0.39, 0.29) is 18.6 Å². The van der Waals surface area contributed by atoms with Gasteiger partial charge in [0.25, 0.3) is 0 Å². The van der Waals surface area contributed by atoms with Gasteiger partial charge in [-0.2, -0.15) is 0 Å². The summed E-state index contributed by atoms with van der Waals surface area (Å²) in [4.78, 5) is 80.3. The fraction of sp³-hybridized carbons (Fsp3) is 0.455. The van der Waals surface area contributed by atoms with E-state index in [2.05, 4.69) is 31.9 Å². The average molecular weight is 669 g/mol. The maximum atomic E-state index is 13.7. The molecule has 0 radical (unpaired) electrons. The molecule has 0 saturated carbocycles. The number of phenols is 1. The van der Waals surface area contributed by atoms with E-state index < -0.39 is 90.3 Å². The van der Waals surface area contributed by atoms with Gasteiger partial charge in [-0.25, -0.2) is 0 Å². The molecule has 9 N–H and O–H groups in total. The summed E-state index contributed by atoms with van der Waals surface area (Å²) < 4.78 is 0. The van der Waals surface area contributed by atoms with Crippen molar-refractivity contribution in [2.75, 3.05) is 6.54 Å². The van der Waals surface area contributed by atoms with Crippen molar-refractivity contribution in [1.82, 2.24) is 31.9 Å². The predicted octanol–water partition coefficient (Wildman–Crippen LogP) is -1.85. The average Bonchev–Trinajstić information content (AvgIpc) is 3.03. The van der Waals surface area contributed by atoms with E-state index in [1.807, 2.05) is 0 Å². The molecule has 2 aromatic carbocycles. The van der Waals surface area contributed by atoms with Crippen LogP contribution in [0.3, 0.4) is 0 Å². The smallest absolute Gasteiger partial charge is 0.245 e. The number of aliphatic hydroxyl groups is 2. The number of carbonyl (C=O) groups is 6. The molecular weight excluding hydrogens is 624 g/mol. The van der Waals surface area contributed by atoms with Gasteiger partial charge in [0.05, 0.1) is 18.8 Å². The van der Waals surface area contributed by atoms with Gasteiger partial charge < -0.3 is 47.2 Å². The quantitative estimate of drug-likeness (QED) is 0.161. The molecule has 0 bridgehead atoms. The van der Waals surface area contributed by atoms with Crippen molar-refractivity contribution < 1.29 is 44.1 Å². The van der Waals surface area contributed by atoms with Crippen LogP contribution >= 0.6 is 0 Å². The monoisotopic (exact) mass is 668 g/mol. The normalized spacial score (nSPS) is 24.9. The Balaban J connectivity index is 2.03. The number of carbonyl (C=O) groups excluding carboxylic acids is 6. The molecule has 15 nitrogen and oxygen atoms in total. The minimum Gasteiger partial charge on any atom is -0.508 e. The van der Waals surface area contributed by atoms with E-state index in [1.165, 1.54) is 38.1 Å². The van der Waals surface area contributed by atoms with Crippen molar-refractivity contribution in [2.24, 2.45) is 5.92 Å². The molecule has 7 atom stereocenters. The number of aromatic hydroxyl groups is 1. The number of amides is 6. The molecule has 0 spiro atoms. The molecule has 15 heteroatoms. The molecule has 0 aromatic heterocycles. The van der Waals surface area contributed by atoms with Crippen molar-refractivity contribution in [3.8, 4) is 5.75 Å². The highest BCUT2D eigenvalue weighted by atomic mass is 16.3. The Morgan fingerprint density at radius 2 is 1.04 bits per heavy atom. The lowest BCUT2D eigenvalue weighted by Gasteiger charge is -2.30. The van der Waals surface area contributed by atoms with Gasteiger partial charge in [0.1, 0.15) is 36.0 Å². The third kappa shape index (κ3) is 10.8. The Hall–Kier alpha value is -5.02. The molecule has 0 unspecified atom stereocenters. The van der Waals surface area contributed by atoms with E-state index in [9.17, 15) is 44.1 Å². The SMILES string of the molecule is CC(C)[C@@H]1NC(=O)[C@H](Cc2ccccc2)NC(=O)[C@H]([C@@H](C)O)NC(=O)CNC(=O)[C@H]([C@@H](C)O)NC(=O)[C@H](Cc2ccc(O)cc2)NC1=O. The van der Waals surface area contributed by atoms with E-state index >= 15 is 0 Å². The lowest BCUT2D eigenvalue weighted by atomic mass is 9.99. The number of hydrogen-bond donors (Lipinski definition) is 9. The van der Waals surface area contributed by atoms with Crippen molar-refractivity contribution in [2.45, 2.75) is 83.0 Å². The lowest BCUT2D eigenvalue weighted by molar-refractivity contribution is -0.137. The van der Waals surface area contributed by atoms with Crippen LogP contribution < -0.4 is 31.9 Å². The molecule has 2 aromatic rings. The molecule has 1 fully saturated rings. The number of rotatable bonds is 7. The maximum Gasteiger partial charge on any atom is 0.245 e. The summed E-state index contributed by atoms with van der Waals surface area (Å²) in [5, 5.41) is 45.3. The first-order valence-corrected chi connectivity index (χ1v) is 15.6. The van der Waals surface area contributed by atoms with Gasteiger partial charge in [-0.15, -0.1) is 0 Å². The first kappa shape index (κ1) is 37.4. The molecule has 1 heterocycles. The molecule has 1 aliphatic heterocycles. The summed E-state index contributed by atoms with van der Waals surface area (Å²) in [5.74, 6) is -5.55. The van der Waals surface area contributed by atoms with Crippen molar-refractivity contribution >= 4 is 35.4 Å². The van der Waals surface area contributed by atoms with Crippen LogP contribution in [0.4, 0.5) is 0 Å². The van der Waals surface area contributed by atoms with Crippen LogP contribution in [0, 0.1) is 5.92 Å². The first-order chi connectivity index (χ1) is 22.7. The second kappa shape index (κ2) is 17.2. The number of hydrogen-bond acceptors (Lipinski definition) is 9. The second-order valence-electron chi connectivity index (χ2n) is 12.1. The molecular formula is C33H44N6O9. The molecule has 3 rings (SSSR count). The maximum absolute atomic E-state index is 13.7. The fourth-order valence-electron chi connectivity index (χ4n) is 5.01. The highest BCUT2D eigenvalue weighted by molar-refractivity contribution is 5.98. The lowest BCUT2D eigenvalue weighted by Crippen LogP contribution is -2.63. The molecule has 6 amide bonds. The van der Waals surface area contributed by atoms with Crippen molar-refractivity contribution in [3.63, 3.8) is 0 Å². The van der Waals surface area contributed by atoms with Gasteiger partial charge in [0.2, 0.25) is 35.4 Å². The Morgan fingerprint density at radius 3 is 1.54 bits per heavy atom. The molecule has 48 heavy (non-hydrogen) atoms. The van der Waals surface area contributed by atoms with Crippen LogP contribution in [-0.4, -0.2) is 99.7 Å². The summed E-state index contributed by atoms with van der Waals surface area (Å²) in [6.45, 7) is 5.15. The largest absolute Gasteiger partial charge is 0.508 e. The molecule has 0 aliphatic carbocycles. The summed E-state index contributed by atoms with van der Waals surface area (Å²) in [5.41, 5.74) is 1.21. The molecule has 260 valence electrons. The van der Waals surface area contributed by atoms with Gasteiger partial charge in [0, 0.05) is 12.8 Å². The predicted molar refractivity (Wildman–Crippen MR) is 173 cm³/mol. The van der Waals surface area contributed by atoms with E-state index in [0.717, 1.165) is 0 Å². The van der Waals surface area contributed by atoms with Gasteiger partial charge in [0.15, 0.2) is 0 Å². The van der Waals surface area contributed by atoms with Crippen molar-refractivity contribution in [1.29, 1.82) is 0 Å². The minimum absolute atomic E-state index is 0.00596. The molecule has 1 saturated heterocycles. The fourth-order valence-corrected chi connectivity index (χ4v) is 5.01. The van der Waals surface area contributed by atoms with Crippen LogP contribution in [0.1, 0.15) is 38.8 Å². The summed E-state index contributed by atoms with van der Waals surface area (Å²) >= 11 is 0. The summed E-state index contributed by atoms with van der Waals surface area (Å²) in [6.07, 6.45) is -2.96. The summed E-state index contributed by atoms with van der Waals surface area (Å²) in [7, 11) is 0. The van der Waals surface area contributed by atoms with Crippen LogP contribution in [0.15, 0.2) is 54.6 Å². The Labute approximate surface area is 278 Å². The Morgan fingerprint density at radius 1 is 0.583 bits per heavy atom. The summed E-state index contributed by atoms with van der Waals surface area (Å²) in [6, 6.07) is 7.75. The zero-order valence-corrected chi connectivity index (χ0v) is 27.2. The van der Waals surface area contributed by atoms with Crippen LogP contribution in [0.2, 0.25) is 0 Å². The van der Waals surface area contributed by atoms with E-state index in [4.69, 9.17) is 0 Å². The van der Waals surface area contributed by atoms with Crippen molar-refractivity contribution in [3.05, 3.63) is 65.7 Å². The van der Waals surface area contributed by atoms with Gasteiger partial charge in [-0.1, -0.05) is 56.3 Å². The van der Waals surface area contributed by atoms with Gasteiger partial charge in [-0.05, 0) is 43.0 Å². The number of phenolic OH excluding ortho intramolecular Hbond substituents is 1. The van der Waals surface area contributed by atoms with Crippen LogP contribution in [0.25, 0.3) is 0 Å². The standard InChI is InChI=1S/C33H44N6O9/c1-17(2)26-32(47)35-24(15-21-10-12-22(42)13-11-21)30(45)39-27(18(3)40)31(46)34-16-25(43)37-28(19(4)41)33(48)36-23(29(44)38-26)14-20-8-6-5-7-9-20/h5-13,17-19,23-24,26-28,40-42H,14-16H2,1-4H3,(H,34,46)(H,35,47)(H,36,48)(H,37,43)(H,38,44)(H,39,45)/t18-,19-,23+,24+,26+,27+,28+/m1/s1. The first-order valence-electron chi connectivity index (χ1n) is 15.6. The Kier molecular flexibility index (Phi) is 13.4. The van der Waals surface area contributed by atoms with E-state index in [1.54, 1.807) is 44.2 Å². The third-order valence-corrected chi connectivity index (χ3v) is 7.74. The van der Waals surface area contributed by atoms with Gasteiger partial charge >= 0.3 is 0 Å². The Bertz CT molecular complexity index is 1450. The zero-order chi connectivity index (χ0) is 35.5. The highest BCUT2D eigenvalue weighted by Gasteiger charge is 2.36. The highest BCUT2D eigenvalue weighted by Crippen LogP contribution is 2.13. The zero-order valence-electron chi connectivity index (χ0n) is 27.2. The third-order valence-electron chi connectivity index (χ3n) is 7.74. The topological polar surface area (TPSA) is 235 Å². The van der Waals surface area contributed by atoms with Gasteiger partial charge in [-0.3, -0.25) is 28.8 Å². The number of benzene rings is 2. The minimum atomic E-state index is -1.56. The van der Waals surface area contributed by atoms with Crippen LogP contribution in [-0.2, 0) is 41.6 Å². The van der Waals surface area contributed by atoms with E-state index in [0.29, 0.717) is 11.1 Å². The van der Waals surface area contributed by atoms with Crippen LogP contribution in [0.5, 0.6) is 5.75 Å². The number of nitrogens with one attached hydrogen (secondary N) is 6. The molecule has 1 aliphatic rings.